The predicted molar refractivity (Wildman–Crippen MR) is 118 cm³/mol. The number of H-pyrrole nitrogens is 1. The van der Waals surface area contributed by atoms with Crippen molar-refractivity contribution in [1.29, 1.82) is 0 Å². The second-order valence-corrected chi connectivity index (χ2v) is 6.36. The van der Waals surface area contributed by atoms with Gasteiger partial charge in [0.05, 0.1) is 19.4 Å². The summed E-state index contributed by atoms with van der Waals surface area (Å²) in [5.41, 5.74) is 5.26. The minimum absolute atomic E-state index is 0.321. The lowest BCUT2D eigenvalue weighted by molar-refractivity contribution is 0.0950. The molecule has 0 radical (unpaired) electrons. The van der Waals surface area contributed by atoms with Gasteiger partial charge < -0.3 is 9.47 Å². The molecule has 0 aliphatic rings. The highest BCUT2D eigenvalue weighted by molar-refractivity contribution is 5.94. The minimum Gasteiger partial charge on any atom is -0.496 e. The van der Waals surface area contributed by atoms with Gasteiger partial charge >= 0.3 is 0 Å². The van der Waals surface area contributed by atoms with Crippen LogP contribution in [-0.2, 0) is 0 Å². The van der Waals surface area contributed by atoms with Crippen LogP contribution < -0.4 is 14.9 Å². The minimum atomic E-state index is -0.376. The summed E-state index contributed by atoms with van der Waals surface area (Å²) in [6.07, 6.45) is 6.02. The molecule has 3 aromatic rings. The molecule has 0 spiro atoms. The standard InChI is InChI=1S/C23H24N4O3/c1-3-15-30-19-12-10-17(11-13-19)20-16-21(26-25-20)23(28)27-24-14-6-8-18-7-4-5-9-22(18)29-2/h4-14,16H,3,15H2,1-2H3,(H,25,26)(H,27,28)/b8-6+,24-14-. The van der Waals surface area contributed by atoms with Crippen LogP contribution >= 0.6 is 0 Å². The van der Waals surface area contributed by atoms with E-state index in [2.05, 4.69) is 27.6 Å². The van der Waals surface area contributed by atoms with Gasteiger partial charge in [0.1, 0.15) is 17.2 Å². The molecule has 2 aromatic carbocycles. The number of nitrogens with zero attached hydrogens (tertiary/aromatic N) is 2. The van der Waals surface area contributed by atoms with Crippen LogP contribution in [0, 0.1) is 0 Å². The molecule has 7 nitrogen and oxygen atoms in total. The van der Waals surface area contributed by atoms with Crippen LogP contribution in [0.5, 0.6) is 11.5 Å². The van der Waals surface area contributed by atoms with Crippen molar-refractivity contribution < 1.29 is 14.3 Å². The number of allylic oxidation sites excluding steroid dienone is 1. The van der Waals surface area contributed by atoms with E-state index in [9.17, 15) is 4.79 Å². The Hall–Kier alpha value is -3.87. The summed E-state index contributed by atoms with van der Waals surface area (Å²) >= 11 is 0. The van der Waals surface area contributed by atoms with Crippen LogP contribution in [0.2, 0.25) is 0 Å². The average Bonchev–Trinajstić information content (AvgIpc) is 3.28. The van der Waals surface area contributed by atoms with Gasteiger partial charge in [-0.25, -0.2) is 5.43 Å². The molecule has 0 bridgehead atoms. The van der Waals surface area contributed by atoms with Crippen LogP contribution in [0.25, 0.3) is 17.3 Å². The zero-order valence-corrected chi connectivity index (χ0v) is 17.0. The number of para-hydroxylation sites is 1. The summed E-state index contributed by atoms with van der Waals surface area (Å²) in [4.78, 5) is 12.2. The van der Waals surface area contributed by atoms with Crippen molar-refractivity contribution in [1.82, 2.24) is 15.6 Å². The monoisotopic (exact) mass is 404 g/mol. The van der Waals surface area contributed by atoms with Crippen molar-refractivity contribution in [2.75, 3.05) is 13.7 Å². The molecule has 3 rings (SSSR count). The molecule has 0 aliphatic heterocycles. The number of ether oxygens (including phenoxy) is 2. The number of aromatic nitrogens is 2. The first kappa shape index (κ1) is 20.9. The molecule has 7 heteroatoms. The van der Waals surface area contributed by atoms with E-state index in [1.54, 1.807) is 19.3 Å². The number of rotatable bonds is 9. The predicted octanol–water partition coefficient (Wildman–Crippen LogP) is 4.30. The molecule has 0 unspecified atom stereocenters. The Labute approximate surface area is 175 Å². The van der Waals surface area contributed by atoms with Gasteiger partial charge in [-0.1, -0.05) is 25.1 Å². The fourth-order valence-electron chi connectivity index (χ4n) is 2.68. The first-order valence-electron chi connectivity index (χ1n) is 9.63. The quantitative estimate of drug-likeness (QED) is 0.411. The van der Waals surface area contributed by atoms with Gasteiger partial charge in [-0.3, -0.25) is 9.89 Å². The molecule has 1 amide bonds. The third-order valence-corrected chi connectivity index (χ3v) is 4.19. The molecule has 2 N–H and O–H groups in total. The van der Waals surface area contributed by atoms with Crippen LogP contribution in [0.1, 0.15) is 29.4 Å². The van der Waals surface area contributed by atoms with Crippen molar-refractivity contribution in [3.8, 4) is 22.8 Å². The topological polar surface area (TPSA) is 88.6 Å². The van der Waals surface area contributed by atoms with Gasteiger partial charge in [0.25, 0.3) is 5.91 Å². The molecule has 1 aromatic heterocycles. The summed E-state index contributed by atoms with van der Waals surface area (Å²) < 4.78 is 10.9. The molecular weight excluding hydrogens is 380 g/mol. The maximum atomic E-state index is 12.2. The number of hydrazone groups is 1. The lowest BCUT2D eigenvalue weighted by Gasteiger charge is -2.04. The number of carbonyl (C=O) groups is 1. The van der Waals surface area contributed by atoms with Gasteiger partial charge in [-0.05, 0) is 55.0 Å². The average molecular weight is 404 g/mol. The molecule has 0 fully saturated rings. The Kier molecular flexibility index (Phi) is 7.38. The van der Waals surface area contributed by atoms with E-state index in [0.29, 0.717) is 18.0 Å². The third-order valence-electron chi connectivity index (χ3n) is 4.19. The second-order valence-electron chi connectivity index (χ2n) is 6.36. The van der Waals surface area contributed by atoms with Gasteiger partial charge in [0, 0.05) is 17.3 Å². The van der Waals surface area contributed by atoms with E-state index in [1.807, 2.05) is 54.6 Å². The zero-order valence-electron chi connectivity index (χ0n) is 17.0. The normalized spacial score (nSPS) is 11.1. The molecule has 0 atom stereocenters. The molecule has 0 aliphatic carbocycles. The van der Waals surface area contributed by atoms with E-state index >= 15 is 0 Å². The zero-order chi connectivity index (χ0) is 21.2. The van der Waals surface area contributed by atoms with Crippen molar-refractivity contribution in [2.45, 2.75) is 13.3 Å². The van der Waals surface area contributed by atoms with Crippen LogP contribution in [0.4, 0.5) is 0 Å². The van der Waals surface area contributed by atoms with Crippen LogP contribution in [-0.4, -0.2) is 36.0 Å². The summed E-state index contributed by atoms with van der Waals surface area (Å²) in [7, 11) is 1.62. The first-order valence-corrected chi connectivity index (χ1v) is 9.63. The summed E-state index contributed by atoms with van der Waals surface area (Å²) in [5.74, 6) is 1.20. The molecule has 0 saturated heterocycles. The Balaban J connectivity index is 1.56. The van der Waals surface area contributed by atoms with Gasteiger partial charge in [-0.15, -0.1) is 0 Å². The fraction of sp³-hybridized carbons (Fsp3) is 0.174. The van der Waals surface area contributed by atoms with E-state index < -0.39 is 0 Å². The van der Waals surface area contributed by atoms with Gasteiger partial charge in [0.2, 0.25) is 0 Å². The number of amides is 1. The molecule has 0 saturated carbocycles. The summed E-state index contributed by atoms with van der Waals surface area (Å²) in [6.45, 7) is 2.74. The third kappa shape index (κ3) is 5.57. The molecule has 30 heavy (non-hydrogen) atoms. The van der Waals surface area contributed by atoms with E-state index in [-0.39, 0.29) is 5.91 Å². The fourth-order valence-corrected chi connectivity index (χ4v) is 2.68. The Morgan fingerprint density at radius 3 is 2.77 bits per heavy atom. The van der Waals surface area contributed by atoms with Gasteiger partial charge in [-0.2, -0.15) is 10.2 Å². The lowest BCUT2D eigenvalue weighted by Crippen LogP contribution is -2.17. The van der Waals surface area contributed by atoms with Crippen LogP contribution in [0.15, 0.2) is 65.8 Å². The van der Waals surface area contributed by atoms with E-state index in [0.717, 1.165) is 29.0 Å². The second kappa shape index (κ2) is 10.6. The number of methoxy groups -OCH3 is 1. The Bertz CT molecular complexity index is 1020. The van der Waals surface area contributed by atoms with Gasteiger partial charge in [0.15, 0.2) is 0 Å². The molecule has 154 valence electrons. The number of aromatic amines is 1. The number of benzene rings is 2. The van der Waals surface area contributed by atoms with Crippen molar-refractivity contribution in [3.63, 3.8) is 0 Å². The smallest absolute Gasteiger partial charge is 0.289 e. The highest BCUT2D eigenvalue weighted by Gasteiger charge is 2.10. The Morgan fingerprint density at radius 2 is 2.00 bits per heavy atom. The van der Waals surface area contributed by atoms with E-state index in [1.165, 1.54) is 6.21 Å². The number of hydrogen-bond acceptors (Lipinski definition) is 5. The maximum Gasteiger partial charge on any atom is 0.289 e. The number of hydrogen-bond donors (Lipinski definition) is 2. The van der Waals surface area contributed by atoms with E-state index in [4.69, 9.17) is 9.47 Å². The number of carbonyl (C=O) groups excluding carboxylic acids is 1. The number of nitrogens with one attached hydrogen (secondary N) is 2. The van der Waals surface area contributed by atoms with Crippen LogP contribution in [0.3, 0.4) is 0 Å². The Morgan fingerprint density at radius 1 is 1.20 bits per heavy atom. The highest BCUT2D eigenvalue weighted by atomic mass is 16.5. The molecule has 1 heterocycles. The maximum absolute atomic E-state index is 12.2. The van der Waals surface area contributed by atoms with Crippen molar-refractivity contribution in [3.05, 3.63) is 71.9 Å². The van der Waals surface area contributed by atoms with Crippen molar-refractivity contribution in [2.24, 2.45) is 5.10 Å². The van der Waals surface area contributed by atoms with Crippen molar-refractivity contribution >= 4 is 18.2 Å². The largest absolute Gasteiger partial charge is 0.496 e. The summed E-state index contributed by atoms with van der Waals surface area (Å²) in [5, 5.41) is 10.9. The first-order chi connectivity index (χ1) is 14.7. The lowest BCUT2D eigenvalue weighted by atomic mass is 10.1. The molecular formula is C23H24N4O3. The SMILES string of the molecule is CCCOc1ccc(-c2cc(C(=O)N/N=C\C=C\c3ccccc3OC)[nH]n2)cc1. The highest BCUT2D eigenvalue weighted by Crippen LogP contribution is 2.21. The summed E-state index contributed by atoms with van der Waals surface area (Å²) in [6, 6.07) is 16.9.